The van der Waals surface area contributed by atoms with Crippen molar-refractivity contribution in [2.75, 3.05) is 33.4 Å². The van der Waals surface area contributed by atoms with Crippen molar-refractivity contribution in [3.8, 4) is 11.8 Å². The first-order valence-corrected chi connectivity index (χ1v) is 10.7. The number of sulfonamides is 1. The largest absolute Gasteiger partial charge is 0.493 e. The highest BCUT2D eigenvalue weighted by Crippen LogP contribution is 2.38. The molecule has 0 amide bonds. The van der Waals surface area contributed by atoms with Crippen LogP contribution in [0.15, 0.2) is 41.3 Å². The molecule has 0 saturated carbocycles. The normalized spacial score (nSPS) is 16.1. The van der Waals surface area contributed by atoms with Crippen molar-refractivity contribution in [1.29, 1.82) is 5.26 Å². The molecule has 0 N–H and O–H groups in total. The highest BCUT2D eigenvalue weighted by atomic mass is 35.5. The Labute approximate surface area is 178 Å². The van der Waals surface area contributed by atoms with E-state index in [1.807, 2.05) is 0 Å². The van der Waals surface area contributed by atoms with E-state index in [4.69, 9.17) is 37.9 Å². The molecule has 0 spiro atoms. The summed E-state index contributed by atoms with van der Waals surface area (Å²) in [7, 11) is -2.29. The number of nitrogens with zero attached hydrogens (tertiary/aromatic N) is 2. The second-order valence-electron chi connectivity index (χ2n) is 6.82. The lowest BCUT2D eigenvalue weighted by Gasteiger charge is -2.48. The fraction of sp³-hybridized carbons (Fsp3) is 0.316. The summed E-state index contributed by atoms with van der Waals surface area (Å²) in [5, 5.41) is 9.18. The number of hydrogen-bond acceptors (Lipinski definition) is 5. The Balaban J connectivity index is 1.72. The summed E-state index contributed by atoms with van der Waals surface area (Å²) in [5.74, 6) is -0.431. The first-order chi connectivity index (χ1) is 13.7. The van der Waals surface area contributed by atoms with Gasteiger partial charge in [0.15, 0.2) is 0 Å². The molecule has 2 aromatic carbocycles. The second kappa shape index (κ2) is 8.46. The molecule has 0 radical (unpaired) electrons. The third-order valence-electron chi connectivity index (χ3n) is 4.59. The Morgan fingerprint density at radius 1 is 1.21 bits per heavy atom. The zero-order chi connectivity index (χ0) is 21.2. The molecule has 1 aliphatic heterocycles. The molecule has 1 saturated heterocycles. The van der Waals surface area contributed by atoms with Crippen LogP contribution in [0.3, 0.4) is 0 Å². The average molecular weight is 459 g/mol. The van der Waals surface area contributed by atoms with Gasteiger partial charge in [-0.05, 0) is 30.3 Å². The molecule has 10 heteroatoms. The van der Waals surface area contributed by atoms with Crippen LogP contribution in [0.4, 0.5) is 4.39 Å². The molecule has 3 rings (SSSR count). The van der Waals surface area contributed by atoms with Crippen LogP contribution in [0, 0.1) is 22.6 Å². The summed E-state index contributed by atoms with van der Waals surface area (Å²) in [5.41, 5.74) is -0.671. The van der Waals surface area contributed by atoms with Gasteiger partial charge in [0, 0.05) is 31.3 Å². The van der Waals surface area contributed by atoms with E-state index >= 15 is 0 Å². The topological polar surface area (TPSA) is 79.6 Å². The Morgan fingerprint density at radius 3 is 2.52 bits per heavy atom. The van der Waals surface area contributed by atoms with Crippen molar-refractivity contribution in [3.05, 3.63) is 57.8 Å². The van der Waals surface area contributed by atoms with Crippen molar-refractivity contribution in [2.24, 2.45) is 5.41 Å². The minimum Gasteiger partial charge on any atom is -0.493 e. The van der Waals surface area contributed by atoms with E-state index < -0.39 is 21.3 Å². The molecular weight excluding hydrogens is 442 g/mol. The van der Waals surface area contributed by atoms with Gasteiger partial charge in [-0.2, -0.15) is 9.57 Å². The van der Waals surface area contributed by atoms with Gasteiger partial charge >= 0.3 is 0 Å². The lowest BCUT2D eigenvalue weighted by molar-refractivity contribution is -0.0419. The average Bonchev–Trinajstić information content (AvgIpc) is 2.63. The Hall–Kier alpha value is -1.89. The Kier molecular flexibility index (Phi) is 6.36. The van der Waals surface area contributed by atoms with Crippen LogP contribution in [0.5, 0.6) is 5.75 Å². The van der Waals surface area contributed by atoms with Crippen molar-refractivity contribution < 1.29 is 22.3 Å². The smallest absolute Gasteiger partial charge is 0.244 e. The molecule has 1 heterocycles. The molecule has 29 heavy (non-hydrogen) atoms. The lowest BCUT2D eigenvalue weighted by Crippen LogP contribution is -2.62. The highest BCUT2D eigenvalue weighted by molar-refractivity contribution is 7.89. The lowest BCUT2D eigenvalue weighted by atomic mass is 9.83. The number of nitriles is 1. The number of hydrogen-bond donors (Lipinski definition) is 0. The van der Waals surface area contributed by atoms with E-state index in [1.54, 1.807) is 6.07 Å². The Morgan fingerprint density at radius 2 is 1.93 bits per heavy atom. The van der Waals surface area contributed by atoms with Crippen LogP contribution in [-0.4, -0.2) is 46.1 Å². The van der Waals surface area contributed by atoms with Gasteiger partial charge in [0.05, 0.1) is 29.2 Å². The maximum atomic E-state index is 13.7. The van der Waals surface area contributed by atoms with E-state index in [0.717, 1.165) is 6.07 Å². The SMILES string of the molecule is COCC1(COc2ccc(C#N)c(F)c2)CN(S(=O)(=O)c2ccc(Cl)cc2Cl)C1. The summed E-state index contributed by atoms with van der Waals surface area (Å²) in [6.07, 6.45) is 0. The third kappa shape index (κ3) is 4.49. The molecule has 1 aliphatic rings. The molecule has 0 aliphatic carbocycles. The second-order valence-corrected chi connectivity index (χ2v) is 9.57. The highest BCUT2D eigenvalue weighted by Gasteiger charge is 2.49. The van der Waals surface area contributed by atoms with Gasteiger partial charge in [-0.1, -0.05) is 23.2 Å². The van der Waals surface area contributed by atoms with Gasteiger partial charge < -0.3 is 9.47 Å². The molecule has 6 nitrogen and oxygen atoms in total. The standard InChI is InChI=1S/C19H17Cl2FN2O4S/c1-27-11-19(12-28-15-4-2-13(8-23)17(22)7-15)9-24(10-19)29(25,26)18-5-3-14(20)6-16(18)21/h2-7H,9-12H2,1H3. The van der Waals surface area contributed by atoms with Gasteiger partial charge in [-0.15, -0.1) is 0 Å². The molecule has 0 aromatic heterocycles. The van der Waals surface area contributed by atoms with Gasteiger partial charge in [-0.25, -0.2) is 12.8 Å². The molecule has 154 valence electrons. The van der Waals surface area contributed by atoms with Crippen LogP contribution < -0.4 is 4.74 Å². The van der Waals surface area contributed by atoms with Gasteiger partial charge in [0.25, 0.3) is 0 Å². The number of benzene rings is 2. The van der Waals surface area contributed by atoms with Crippen LogP contribution in [0.25, 0.3) is 0 Å². The van der Waals surface area contributed by atoms with E-state index in [1.165, 1.54) is 41.7 Å². The zero-order valence-corrected chi connectivity index (χ0v) is 17.7. The van der Waals surface area contributed by atoms with E-state index in [-0.39, 0.29) is 47.5 Å². The molecule has 0 atom stereocenters. The molecule has 0 bridgehead atoms. The number of methoxy groups -OCH3 is 1. The van der Waals surface area contributed by atoms with Crippen LogP contribution >= 0.6 is 23.2 Å². The van der Waals surface area contributed by atoms with Crippen molar-refractivity contribution >= 4 is 33.2 Å². The summed E-state index contributed by atoms with van der Waals surface area (Å²) < 4.78 is 51.7. The predicted molar refractivity (Wildman–Crippen MR) is 106 cm³/mol. The summed E-state index contributed by atoms with van der Waals surface area (Å²) in [6.45, 7) is 0.681. The first-order valence-electron chi connectivity index (χ1n) is 8.47. The fourth-order valence-corrected chi connectivity index (χ4v) is 5.55. The fourth-order valence-electron chi connectivity index (χ4n) is 3.14. The van der Waals surface area contributed by atoms with Crippen LogP contribution in [0.2, 0.25) is 10.0 Å². The van der Waals surface area contributed by atoms with Crippen molar-refractivity contribution in [3.63, 3.8) is 0 Å². The summed E-state index contributed by atoms with van der Waals surface area (Å²) in [4.78, 5) is -0.0235. The quantitative estimate of drug-likeness (QED) is 0.631. The number of ether oxygens (including phenoxy) is 2. The van der Waals surface area contributed by atoms with Crippen LogP contribution in [0.1, 0.15) is 5.56 Å². The predicted octanol–water partition coefficient (Wildman–Crippen LogP) is 3.72. The van der Waals surface area contributed by atoms with Crippen molar-refractivity contribution in [1.82, 2.24) is 4.31 Å². The third-order valence-corrected chi connectivity index (χ3v) is 7.10. The zero-order valence-electron chi connectivity index (χ0n) is 15.4. The summed E-state index contributed by atoms with van der Waals surface area (Å²) in [6, 6.07) is 9.89. The van der Waals surface area contributed by atoms with Crippen molar-refractivity contribution in [2.45, 2.75) is 4.90 Å². The molecule has 0 unspecified atom stereocenters. The maximum Gasteiger partial charge on any atom is 0.244 e. The maximum absolute atomic E-state index is 13.7. The minimum atomic E-state index is -3.80. The molecular formula is C19H17Cl2FN2O4S. The number of rotatable bonds is 7. The van der Waals surface area contributed by atoms with E-state index in [0.29, 0.717) is 5.02 Å². The van der Waals surface area contributed by atoms with Gasteiger partial charge in [-0.3, -0.25) is 0 Å². The van der Waals surface area contributed by atoms with Gasteiger partial charge in [0.1, 0.15) is 22.5 Å². The van der Waals surface area contributed by atoms with E-state index in [9.17, 15) is 12.8 Å². The van der Waals surface area contributed by atoms with Crippen LogP contribution in [-0.2, 0) is 14.8 Å². The number of halogens is 3. The Bertz CT molecular complexity index is 1070. The summed E-state index contributed by atoms with van der Waals surface area (Å²) >= 11 is 11.9. The molecule has 2 aromatic rings. The first kappa shape index (κ1) is 21.8. The minimum absolute atomic E-state index is 0.0235. The monoisotopic (exact) mass is 458 g/mol. The van der Waals surface area contributed by atoms with E-state index in [2.05, 4.69) is 0 Å². The van der Waals surface area contributed by atoms with Gasteiger partial charge in [0.2, 0.25) is 10.0 Å². The molecule has 1 fully saturated rings.